The van der Waals surface area contributed by atoms with Crippen LogP contribution in [-0.4, -0.2) is 35.2 Å². The van der Waals surface area contributed by atoms with Gasteiger partial charge in [0.2, 0.25) is 11.8 Å². The number of pyridine rings is 1. The van der Waals surface area contributed by atoms with Crippen LogP contribution in [0.4, 0.5) is 5.69 Å². The Bertz CT molecular complexity index is 1790. The number of carbonyl (C=O) groups excluding carboxylic acids is 4. The molecule has 0 radical (unpaired) electrons. The summed E-state index contributed by atoms with van der Waals surface area (Å²) in [7, 11) is 0. The van der Waals surface area contributed by atoms with Crippen molar-refractivity contribution in [2.75, 3.05) is 11.5 Å². The number of hydrogen-bond acceptors (Lipinski definition) is 6. The van der Waals surface area contributed by atoms with E-state index in [1.165, 1.54) is 4.90 Å². The minimum absolute atomic E-state index is 0.126. The Morgan fingerprint density at radius 1 is 0.881 bits per heavy atom. The van der Waals surface area contributed by atoms with Crippen molar-refractivity contribution in [1.29, 1.82) is 0 Å². The quantitative estimate of drug-likeness (QED) is 0.128. The molecule has 208 valence electrons. The van der Waals surface area contributed by atoms with E-state index in [1.807, 2.05) is 44.2 Å². The van der Waals surface area contributed by atoms with Gasteiger partial charge in [-0.2, -0.15) is 0 Å². The molecule has 0 spiro atoms. The molecule has 1 aliphatic heterocycles. The van der Waals surface area contributed by atoms with E-state index in [9.17, 15) is 19.2 Å². The molecule has 7 nitrogen and oxygen atoms in total. The van der Waals surface area contributed by atoms with Crippen molar-refractivity contribution >= 4 is 40.2 Å². The van der Waals surface area contributed by atoms with Crippen LogP contribution in [-0.2, 0) is 14.3 Å². The molecular formula is C35H28N2O5. The number of ether oxygens (including phenoxy) is 1. The Morgan fingerprint density at radius 2 is 1.55 bits per heavy atom. The van der Waals surface area contributed by atoms with Crippen LogP contribution in [0.5, 0.6) is 0 Å². The highest BCUT2D eigenvalue weighted by molar-refractivity contribution is 6.22. The molecular weight excluding hydrogens is 528 g/mol. The molecule has 1 saturated heterocycles. The number of ketones is 1. The maximum atomic E-state index is 13.3. The Morgan fingerprint density at radius 3 is 2.21 bits per heavy atom. The summed E-state index contributed by atoms with van der Waals surface area (Å²) in [6.07, 6.45) is 5.05. The number of allylic oxidation sites excluding steroid dienone is 2. The van der Waals surface area contributed by atoms with Crippen molar-refractivity contribution in [3.63, 3.8) is 0 Å². The smallest absolute Gasteiger partial charge is 0.339 e. The Balaban J connectivity index is 1.17. The van der Waals surface area contributed by atoms with E-state index in [4.69, 9.17) is 9.72 Å². The molecule has 2 amide bonds. The average Bonchev–Trinajstić information content (AvgIpc) is 3.69. The molecule has 1 saturated carbocycles. The van der Waals surface area contributed by atoms with Crippen molar-refractivity contribution in [2.45, 2.75) is 20.3 Å². The number of rotatable bonds is 6. The lowest BCUT2D eigenvalue weighted by molar-refractivity contribution is -0.123. The van der Waals surface area contributed by atoms with Crippen molar-refractivity contribution in [2.24, 2.45) is 23.7 Å². The first-order valence-corrected chi connectivity index (χ1v) is 14.1. The minimum atomic E-state index is -0.616. The van der Waals surface area contributed by atoms with Crippen LogP contribution in [0, 0.1) is 37.5 Å². The van der Waals surface area contributed by atoms with Crippen LogP contribution in [0.3, 0.4) is 0 Å². The third kappa shape index (κ3) is 4.15. The summed E-state index contributed by atoms with van der Waals surface area (Å²) in [6, 6.07) is 21.5. The monoisotopic (exact) mass is 556 g/mol. The predicted octanol–water partition coefficient (Wildman–Crippen LogP) is 5.87. The van der Waals surface area contributed by atoms with Crippen molar-refractivity contribution in [1.82, 2.24) is 4.98 Å². The highest BCUT2D eigenvalue weighted by Gasteiger charge is 2.59. The molecule has 2 fully saturated rings. The van der Waals surface area contributed by atoms with Gasteiger partial charge in [0, 0.05) is 16.5 Å². The molecule has 7 heteroatoms. The summed E-state index contributed by atoms with van der Waals surface area (Å²) in [6.45, 7) is 3.48. The zero-order chi connectivity index (χ0) is 29.1. The minimum Gasteiger partial charge on any atom is -0.454 e. The number of para-hydroxylation sites is 1. The van der Waals surface area contributed by atoms with Gasteiger partial charge in [-0.3, -0.25) is 19.3 Å². The van der Waals surface area contributed by atoms with Gasteiger partial charge in [-0.25, -0.2) is 9.78 Å². The molecule has 2 bridgehead atoms. The molecule has 3 aliphatic rings. The fourth-order valence-electron chi connectivity index (χ4n) is 6.68. The number of Topliss-reactive ketones (excluding diaryl/α,β-unsaturated/α-hetero) is 1. The van der Waals surface area contributed by atoms with Crippen LogP contribution < -0.4 is 4.90 Å². The summed E-state index contributed by atoms with van der Waals surface area (Å²) in [5.74, 6) is -1.37. The second kappa shape index (κ2) is 9.87. The highest BCUT2D eigenvalue weighted by Crippen LogP contribution is 2.53. The van der Waals surface area contributed by atoms with Crippen molar-refractivity contribution in [3.8, 4) is 11.3 Å². The van der Waals surface area contributed by atoms with Gasteiger partial charge in [0.25, 0.3) is 0 Å². The number of aryl methyl sites for hydroxylation is 2. The van der Waals surface area contributed by atoms with Gasteiger partial charge < -0.3 is 4.74 Å². The number of fused-ring (bicyclic) bond motifs is 6. The third-order valence-corrected chi connectivity index (χ3v) is 8.86. The van der Waals surface area contributed by atoms with E-state index in [2.05, 4.69) is 12.2 Å². The first-order valence-electron chi connectivity index (χ1n) is 14.1. The fourth-order valence-corrected chi connectivity index (χ4v) is 6.68. The first kappa shape index (κ1) is 26.0. The molecule has 4 unspecified atom stereocenters. The maximum Gasteiger partial charge on any atom is 0.339 e. The molecule has 3 aromatic carbocycles. The van der Waals surface area contributed by atoms with Gasteiger partial charge in [0.15, 0.2) is 12.4 Å². The number of aromatic nitrogens is 1. The average molecular weight is 557 g/mol. The number of amides is 2. The molecule has 0 N–H and O–H groups in total. The zero-order valence-corrected chi connectivity index (χ0v) is 23.2. The highest BCUT2D eigenvalue weighted by atomic mass is 16.5. The predicted molar refractivity (Wildman–Crippen MR) is 158 cm³/mol. The molecule has 4 atom stereocenters. The number of benzene rings is 3. The number of carbonyl (C=O) groups is 4. The molecule has 42 heavy (non-hydrogen) atoms. The van der Waals surface area contributed by atoms with E-state index < -0.39 is 5.97 Å². The molecule has 2 heterocycles. The van der Waals surface area contributed by atoms with Gasteiger partial charge >= 0.3 is 5.97 Å². The second-order valence-corrected chi connectivity index (χ2v) is 11.5. The summed E-state index contributed by atoms with van der Waals surface area (Å²) in [5, 5.41) is 0.631. The molecule has 1 aromatic heterocycles. The fraction of sp³-hybridized carbons (Fsp3) is 0.229. The third-order valence-electron chi connectivity index (χ3n) is 8.86. The van der Waals surface area contributed by atoms with Crippen LogP contribution in [0.2, 0.25) is 0 Å². The Hall–Kier alpha value is -4.91. The van der Waals surface area contributed by atoms with Gasteiger partial charge in [-0.05, 0) is 55.9 Å². The second-order valence-electron chi connectivity index (χ2n) is 11.5. The van der Waals surface area contributed by atoms with Gasteiger partial charge in [-0.15, -0.1) is 0 Å². The number of anilines is 1. The van der Waals surface area contributed by atoms with E-state index >= 15 is 0 Å². The first-order chi connectivity index (χ1) is 20.3. The van der Waals surface area contributed by atoms with E-state index in [-0.39, 0.29) is 47.9 Å². The summed E-state index contributed by atoms with van der Waals surface area (Å²) >= 11 is 0. The van der Waals surface area contributed by atoms with E-state index in [1.54, 1.807) is 42.5 Å². The summed E-state index contributed by atoms with van der Waals surface area (Å²) < 4.78 is 5.48. The van der Waals surface area contributed by atoms with E-state index in [0.29, 0.717) is 33.4 Å². The zero-order valence-electron chi connectivity index (χ0n) is 23.2. The lowest BCUT2D eigenvalue weighted by Crippen LogP contribution is -2.32. The molecule has 7 rings (SSSR count). The maximum absolute atomic E-state index is 13.3. The van der Waals surface area contributed by atoms with Crippen LogP contribution in [0.25, 0.3) is 22.2 Å². The van der Waals surface area contributed by atoms with Crippen LogP contribution in [0.15, 0.2) is 84.9 Å². The van der Waals surface area contributed by atoms with E-state index in [0.717, 1.165) is 23.1 Å². The van der Waals surface area contributed by atoms with Crippen molar-refractivity contribution in [3.05, 3.63) is 107 Å². The normalized spacial score (nSPS) is 22.2. The SMILES string of the molecule is Cc1ccc(C(=O)COC(=O)c2cc(-c3ccc(N4C(=O)C5C6C=CC(C6)C5C4=O)cc3)nc3c(C)cccc23)cc1. The van der Waals surface area contributed by atoms with Gasteiger partial charge in [-0.1, -0.05) is 72.3 Å². The number of hydrogen-bond donors (Lipinski definition) is 0. The molecule has 2 aliphatic carbocycles. The Labute approximate surface area is 242 Å². The standard InChI is InChI=1S/C35H28N2O5/c1-19-6-8-22(9-7-19)29(38)18-42-35(41)27-17-28(36-32-20(2)4-3-5-26(27)32)21-12-14-25(15-13-21)37-33(39)30-23-10-11-24(16-23)31(30)34(37)40/h3-15,17,23-24,30-31H,16,18H2,1-2H3. The largest absolute Gasteiger partial charge is 0.454 e. The van der Waals surface area contributed by atoms with Crippen LogP contribution >= 0.6 is 0 Å². The van der Waals surface area contributed by atoms with Crippen LogP contribution in [0.1, 0.15) is 38.3 Å². The number of nitrogens with zero attached hydrogens (tertiary/aromatic N) is 2. The Kier molecular flexibility index (Phi) is 6.12. The topological polar surface area (TPSA) is 93.6 Å². The lowest BCUT2D eigenvalue weighted by Gasteiger charge is -2.18. The van der Waals surface area contributed by atoms with Gasteiger partial charge in [0.1, 0.15) is 0 Å². The lowest BCUT2D eigenvalue weighted by atomic mass is 9.85. The number of esters is 1. The van der Waals surface area contributed by atoms with Crippen molar-refractivity contribution < 1.29 is 23.9 Å². The van der Waals surface area contributed by atoms with Gasteiger partial charge in [0.05, 0.1) is 34.3 Å². The summed E-state index contributed by atoms with van der Waals surface area (Å²) in [5.41, 5.74) is 5.15. The number of imide groups is 1. The molecule has 4 aromatic rings. The summed E-state index contributed by atoms with van der Waals surface area (Å²) in [4.78, 5) is 58.6.